The minimum Gasteiger partial charge on any atom is -0.300 e. The summed E-state index contributed by atoms with van der Waals surface area (Å²) in [5.41, 5.74) is 0. The molecule has 0 saturated heterocycles. The first-order chi connectivity index (χ1) is 9.16. The first-order valence-electron chi connectivity index (χ1n) is 6.21. The van der Waals surface area contributed by atoms with Crippen LogP contribution in [-0.4, -0.2) is 34.6 Å². The van der Waals surface area contributed by atoms with Crippen LogP contribution in [0, 0.1) is 0 Å². The lowest BCUT2D eigenvalue weighted by Gasteiger charge is -2.05. The van der Waals surface area contributed by atoms with Gasteiger partial charge in [-0.15, -0.1) is 0 Å². The number of sulfone groups is 2. The molecule has 0 spiro atoms. The van der Waals surface area contributed by atoms with Crippen molar-refractivity contribution in [2.45, 2.75) is 36.0 Å². The van der Waals surface area contributed by atoms with Crippen LogP contribution in [0.2, 0.25) is 0 Å². The number of rotatable bonds is 7. The fourth-order valence-corrected chi connectivity index (χ4v) is 3.59. The normalized spacial score (nSPS) is 12.3. The Morgan fingerprint density at radius 2 is 1.50 bits per heavy atom. The average Bonchev–Trinajstić information content (AvgIpc) is 2.37. The van der Waals surface area contributed by atoms with Crippen LogP contribution in [0.3, 0.4) is 0 Å². The monoisotopic (exact) mass is 318 g/mol. The number of Topliss-reactive ketones (excluding diaryl/α,β-unsaturated/α-hetero) is 1. The van der Waals surface area contributed by atoms with Crippen molar-refractivity contribution in [1.82, 2.24) is 0 Å². The van der Waals surface area contributed by atoms with E-state index in [9.17, 15) is 21.6 Å². The molecule has 0 aliphatic carbocycles. The van der Waals surface area contributed by atoms with Gasteiger partial charge in [0.25, 0.3) is 0 Å². The van der Waals surface area contributed by atoms with E-state index in [-0.39, 0.29) is 34.2 Å². The molecule has 0 N–H and O–H groups in total. The summed E-state index contributed by atoms with van der Waals surface area (Å²) in [6.45, 7) is 1.74. The largest absolute Gasteiger partial charge is 0.300 e. The molecule has 1 rings (SSSR count). The van der Waals surface area contributed by atoms with Gasteiger partial charge in [0.15, 0.2) is 19.7 Å². The standard InChI is InChI=1S/C13H18O5S2/c1-3-11(14)5-4-10-20(17,18)13-8-6-12(7-9-13)19(2,15)16/h6-9H,3-5,10H2,1-2H3. The summed E-state index contributed by atoms with van der Waals surface area (Å²) >= 11 is 0. The Bertz CT molecular complexity index is 670. The molecular weight excluding hydrogens is 300 g/mol. The second kappa shape index (κ2) is 6.49. The van der Waals surface area contributed by atoms with Crippen molar-refractivity contribution < 1.29 is 21.6 Å². The number of carbonyl (C=O) groups excluding carboxylic acids is 1. The van der Waals surface area contributed by atoms with Crippen LogP contribution in [0.15, 0.2) is 34.1 Å². The Labute approximate surface area is 119 Å². The van der Waals surface area contributed by atoms with E-state index in [4.69, 9.17) is 0 Å². The lowest BCUT2D eigenvalue weighted by molar-refractivity contribution is -0.118. The van der Waals surface area contributed by atoms with Gasteiger partial charge in [0.1, 0.15) is 5.78 Å². The summed E-state index contributed by atoms with van der Waals surface area (Å²) < 4.78 is 46.6. The van der Waals surface area contributed by atoms with Gasteiger partial charge >= 0.3 is 0 Å². The van der Waals surface area contributed by atoms with E-state index in [1.54, 1.807) is 6.92 Å². The van der Waals surface area contributed by atoms with Crippen molar-refractivity contribution in [3.8, 4) is 0 Å². The molecule has 0 aliphatic rings. The maximum absolute atomic E-state index is 12.0. The number of carbonyl (C=O) groups is 1. The molecule has 0 aliphatic heterocycles. The van der Waals surface area contributed by atoms with E-state index in [1.807, 2.05) is 0 Å². The molecule has 0 aromatic heterocycles. The second-order valence-electron chi connectivity index (χ2n) is 4.56. The van der Waals surface area contributed by atoms with Crippen molar-refractivity contribution in [1.29, 1.82) is 0 Å². The number of hydrogen-bond acceptors (Lipinski definition) is 5. The molecule has 112 valence electrons. The molecule has 0 atom stereocenters. The zero-order valence-corrected chi connectivity index (χ0v) is 13.1. The van der Waals surface area contributed by atoms with E-state index >= 15 is 0 Å². The lowest BCUT2D eigenvalue weighted by atomic mass is 10.2. The first kappa shape index (κ1) is 16.8. The zero-order valence-electron chi connectivity index (χ0n) is 11.5. The highest BCUT2D eigenvalue weighted by Gasteiger charge is 2.16. The highest BCUT2D eigenvalue weighted by molar-refractivity contribution is 7.91. The molecule has 0 fully saturated rings. The summed E-state index contributed by atoms with van der Waals surface area (Å²) in [7, 11) is -6.81. The highest BCUT2D eigenvalue weighted by atomic mass is 32.2. The van der Waals surface area contributed by atoms with Gasteiger partial charge in [-0.3, -0.25) is 4.79 Å². The van der Waals surface area contributed by atoms with Gasteiger partial charge in [-0.25, -0.2) is 16.8 Å². The van der Waals surface area contributed by atoms with E-state index < -0.39 is 19.7 Å². The molecular formula is C13H18O5S2. The van der Waals surface area contributed by atoms with Gasteiger partial charge in [0, 0.05) is 19.1 Å². The molecule has 1 aromatic rings. The molecule has 0 radical (unpaired) electrons. The zero-order chi connectivity index (χ0) is 15.4. The Morgan fingerprint density at radius 3 is 1.95 bits per heavy atom. The summed E-state index contributed by atoms with van der Waals surface area (Å²) in [5.74, 6) is -0.0793. The third kappa shape index (κ3) is 4.72. The van der Waals surface area contributed by atoms with Gasteiger partial charge in [-0.1, -0.05) is 6.92 Å². The topological polar surface area (TPSA) is 85.3 Å². The van der Waals surface area contributed by atoms with Crippen LogP contribution in [0.5, 0.6) is 0 Å². The lowest BCUT2D eigenvalue weighted by Crippen LogP contribution is -2.09. The molecule has 0 bridgehead atoms. The van der Waals surface area contributed by atoms with Crippen LogP contribution in [-0.2, 0) is 24.5 Å². The van der Waals surface area contributed by atoms with E-state index in [0.717, 1.165) is 6.26 Å². The summed E-state index contributed by atoms with van der Waals surface area (Å²) in [6.07, 6.45) is 2.00. The van der Waals surface area contributed by atoms with E-state index in [2.05, 4.69) is 0 Å². The summed E-state index contributed by atoms with van der Waals surface area (Å²) in [4.78, 5) is 11.3. The van der Waals surface area contributed by atoms with Crippen LogP contribution < -0.4 is 0 Å². The predicted molar refractivity (Wildman–Crippen MR) is 76.1 cm³/mol. The molecule has 0 heterocycles. The summed E-state index contributed by atoms with van der Waals surface area (Å²) in [5, 5.41) is 0. The third-order valence-corrected chi connectivity index (χ3v) is 5.82. The van der Waals surface area contributed by atoms with Crippen molar-refractivity contribution in [2.75, 3.05) is 12.0 Å². The van der Waals surface area contributed by atoms with Gasteiger partial charge in [-0.05, 0) is 30.7 Å². The molecule has 0 amide bonds. The quantitative estimate of drug-likeness (QED) is 0.762. The SMILES string of the molecule is CCC(=O)CCCS(=O)(=O)c1ccc(S(C)(=O)=O)cc1. The second-order valence-corrected chi connectivity index (χ2v) is 8.68. The molecule has 0 saturated carbocycles. The van der Waals surface area contributed by atoms with Crippen molar-refractivity contribution in [3.63, 3.8) is 0 Å². The van der Waals surface area contributed by atoms with Crippen molar-refractivity contribution in [2.24, 2.45) is 0 Å². The van der Waals surface area contributed by atoms with Gasteiger partial charge in [0.2, 0.25) is 0 Å². The van der Waals surface area contributed by atoms with Crippen LogP contribution in [0.25, 0.3) is 0 Å². The van der Waals surface area contributed by atoms with Gasteiger partial charge < -0.3 is 0 Å². The Kier molecular flexibility index (Phi) is 5.47. The summed E-state index contributed by atoms with van der Waals surface area (Å²) in [6, 6.07) is 5.12. The predicted octanol–water partition coefficient (Wildman–Crippen LogP) is 1.62. The van der Waals surface area contributed by atoms with Crippen LogP contribution in [0.1, 0.15) is 26.2 Å². The number of hydrogen-bond donors (Lipinski definition) is 0. The van der Waals surface area contributed by atoms with Crippen LogP contribution in [0.4, 0.5) is 0 Å². The fraction of sp³-hybridized carbons (Fsp3) is 0.462. The molecule has 20 heavy (non-hydrogen) atoms. The Morgan fingerprint density at radius 1 is 1.00 bits per heavy atom. The first-order valence-corrected chi connectivity index (χ1v) is 9.76. The molecule has 0 unspecified atom stereocenters. The van der Waals surface area contributed by atoms with E-state index in [0.29, 0.717) is 6.42 Å². The van der Waals surface area contributed by atoms with Gasteiger partial charge in [-0.2, -0.15) is 0 Å². The minimum absolute atomic E-state index is 0.0348. The molecule has 7 heteroatoms. The van der Waals surface area contributed by atoms with Crippen molar-refractivity contribution in [3.05, 3.63) is 24.3 Å². The Balaban J connectivity index is 2.81. The van der Waals surface area contributed by atoms with Crippen LogP contribution >= 0.6 is 0 Å². The Hall–Kier alpha value is -1.21. The number of benzene rings is 1. The molecule has 1 aromatic carbocycles. The van der Waals surface area contributed by atoms with Crippen molar-refractivity contribution >= 4 is 25.5 Å². The number of ketones is 1. The third-order valence-electron chi connectivity index (χ3n) is 2.87. The minimum atomic E-state index is -3.47. The maximum atomic E-state index is 12.0. The van der Waals surface area contributed by atoms with Gasteiger partial charge in [0.05, 0.1) is 15.5 Å². The fourth-order valence-electron chi connectivity index (χ4n) is 1.65. The average molecular weight is 318 g/mol. The smallest absolute Gasteiger partial charge is 0.178 e. The maximum Gasteiger partial charge on any atom is 0.178 e. The highest BCUT2D eigenvalue weighted by Crippen LogP contribution is 2.16. The van der Waals surface area contributed by atoms with E-state index in [1.165, 1.54) is 24.3 Å². The molecule has 5 nitrogen and oxygen atoms in total.